The fraction of sp³-hybridized carbons (Fsp3) is 0.407. The Kier molecular flexibility index (Phi) is 7.57. The highest BCUT2D eigenvalue weighted by molar-refractivity contribution is 6.11. The summed E-state index contributed by atoms with van der Waals surface area (Å²) in [4.78, 5) is 56.2. The third-order valence-corrected chi connectivity index (χ3v) is 6.72. The van der Waals surface area contributed by atoms with Crippen molar-refractivity contribution in [2.45, 2.75) is 46.1 Å². The first-order valence-corrected chi connectivity index (χ1v) is 12.5. The van der Waals surface area contributed by atoms with Gasteiger partial charge in [0.15, 0.2) is 0 Å². The summed E-state index contributed by atoms with van der Waals surface area (Å²) in [5.41, 5.74) is 3.15. The third kappa shape index (κ3) is 5.19. The van der Waals surface area contributed by atoms with E-state index in [1.165, 1.54) is 11.8 Å². The molecule has 2 N–H and O–H groups in total. The Bertz CT molecular complexity index is 1160. The lowest BCUT2D eigenvalue weighted by Crippen LogP contribution is -2.56. The van der Waals surface area contributed by atoms with Crippen LogP contribution in [-0.2, 0) is 14.4 Å². The lowest BCUT2D eigenvalue weighted by atomic mass is 9.95. The van der Waals surface area contributed by atoms with Gasteiger partial charge in [-0.3, -0.25) is 24.1 Å². The maximum atomic E-state index is 13.6. The second kappa shape index (κ2) is 10.8. The molecule has 9 nitrogen and oxygen atoms in total. The van der Waals surface area contributed by atoms with Gasteiger partial charge < -0.3 is 20.4 Å². The van der Waals surface area contributed by atoms with Crippen LogP contribution in [0.3, 0.4) is 0 Å². The molecule has 190 valence electrons. The maximum Gasteiger partial charge on any atom is 0.253 e. The fourth-order valence-corrected chi connectivity index (χ4v) is 4.93. The van der Waals surface area contributed by atoms with Crippen LogP contribution in [0.25, 0.3) is 0 Å². The van der Waals surface area contributed by atoms with Gasteiger partial charge in [0.2, 0.25) is 17.7 Å². The summed E-state index contributed by atoms with van der Waals surface area (Å²) in [6, 6.07) is 11.9. The van der Waals surface area contributed by atoms with E-state index >= 15 is 0 Å². The lowest BCUT2D eigenvalue weighted by Gasteiger charge is -2.45. The fourth-order valence-electron chi connectivity index (χ4n) is 4.93. The van der Waals surface area contributed by atoms with E-state index in [4.69, 9.17) is 0 Å². The second-order valence-electron chi connectivity index (χ2n) is 9.12. The topological polar surface area (TPSA) is 102 Å². The molecule has 36 heavy (non-hydrogen) atoms. The number of anilines is 4. The van der Waals surface area contributed by atoms with Gasteiger partial charge in [-0.2, -0.15) is 0 Å². The molecule has 1 saturated heterocycles. The number of benzene rings is 2. The van der Waals surface area contributed by atoms with Gasteiger partial charge in [0, 0.05) is 43.5 Å². The monoisotopic (exact) mass is 491 g/mol. The van der Waals surface area contributed by atoms with Crippen LogP contribution in [0, 0.1) is 0 Å². The molecule has 0 aromatic heterocycles. The number of carbonyl (C=O) groups excluding carboxylic acids is 4. The van der Waals surface area contributed by atoms with Gasteiger partial charge in [-0.1, -0.05) is 0 Å². The molecular weight excluding hydrogens is 458 g/mol. The molecule has 1 unspecified atom stereocenters. The normalized spacial score (nSPS) is 16.6. The Balaban J connectivity index is 1.60. The van der Waals surface area contributed by atoms with Gasteiger partial charge >= 0.3 is 0 Å². The zero-order chi connectivity index (χ0) is 25.8. The van der Waals surface area contributed by atoms with Crippen molar-refractivity contribution in [3.63, 3.8) is 0 Å². The first-order chi connectivity index (χ1) is 17.3. The van der Waals surface area contributed by atoms with Crippen molar-refractivity contribution in [3.05, 3.63) is 48.0 Å². The smallest absolute Gasteiger partial charge is 0.253 e. The molecule has 1 fully saturated rings. The van der Waals surface area contributed by atoms with Crippen LogP contribution >= 0.6 is 0 Å². The number of carbonyl (C=O) groups is 4. The second-order valence-corrected chi connectivity index (χ2v) is 9.12. The molecule has 1 atom stereocenters. The summed E-state index contributed by atoms with van der Waals surface area (Å²) in [6.07, 6.45) is 2.70. The van der Waals surface area contributed by atoms with Crippen molar-refractivity contribution in [1.82, 2.24) is 4.90 Å². The zero-order valence-electron chi connectivity index (χ0n) is 21.0. The highest BCUT2D eigenvalue weighted by Gasteiger charge is 2.40. The standard InChI is InChI=1S/C27H33N5O4/c1-4-30(5-2)26(35)19-9-14-22-24(16-19)32(27(36)23-8-6-7-15-31(22)23)17-25(34)29-21-12-10-20(11-13-21)28-18(3)33/h9-14,16,23H,4-8,15,17H2,1-3H3,(H,28,33)(H,29,34). The van der Waals surface area contributed by atoms with Crippen LogP contribution in [0.5, 0.6) is 0 Å². The molecular formula is C27H33N5O4. The molecule has 0 bridgehead atoms. The van der Waals surface area contributed by atoms with E-state index in [1.807, 2.05) is 26.0 Å². The number of amides is 4. The van der Waals surface area contributed by atoms with E-state index in [0.29, 0.717) is 35.7 Å². The van der Waals surface area contributed by atoms with Gasteiger partial charge in [0.25, 0.3) is 5.91 Å². The van der Waals surface area contributed by atoms with E-state index < -0.39 is 0 Å². The minimum absolute atomic E-state index is 0.0975. The average Bonchev–Trinajstić information content (AvgIpc) is 2.87. The van der Waals surface area contributed by atoms with Crippen molar-refractivity contribution >= 4 is 46.4 Å². The Morgan fingerprint density at radius 3 is 2.25 bits per heavy atom. The minimum Gasteiger partial charge on any atom is -0.358 e. The molecule has 0 radical (unpaired) electrons. The molecule has 2 aliphatic rings. The molecule has 2 aliphatic heterocycles. The molecule has 2 heterocycles. The van der Waals surface area contributed by atoms with Crippen LogP contribution in [0.2, 0.25) is 0 Å². The summed E-state index contributed by atoms with van der Waals surface area (Å²) in [5, 5.41) is 5.52. The predicted molar refractivity (Wildman–Crippen MR) is 140 cm³/mol. The van der Waals surface area contributed by atoms with Crippen molar-refractivity contribution in [1.29, 1.82) is 0 Å². The molecule has 2 aromatic carbocycles. The van der Waals surface area contributed by atoms with E-state index in [1.54, 1.807) is 35.2 Å². The molecule has 0 spiro atoms. The molecule has 4 rings (SSSR count). The molecule has 0 aliphatic carbocycles. The quantitative estimate of drug-likeness (QED) is 0.618. The molecule has 0 saturated carbocycles. The van der Waals surface area contributed by atoms with Gasteiger partial charge in [-0.05, 0) is 75.6 Å². The summed E-state index contributed by atoms with van der Waals surface area (Å²) >= 11 is 0. The average molecular weight is 492 g/mol. The largest absolute Gasteiger partial charge is 0.358 e. The maximum absolute atomic E-state index is 13.6. The van der Waals surface area contributed by atoms with E-state index in [2.05, 4.69) is 15.5 Å². The Labute approximate surface area is 211 Å². The number of hydrogen-bond donors (Lipinski definition) is 2. The number of hydrogen-bond acceptors (Lipinski definition) is 5. The highest BCUT2D eigenvalue weighted by Crippen LogP contribution is 2.40. The first kappa shape index (κ1) is 25.2. The summed E-state index contributed by atoms with van der Waals surface area (Å²) in [5.74, 6) is -0.735. The van der Waals surface area contributed by atoms with Crippen LogP contribution in [0.1, 0.15) is 50.4 Å². The van der Waals surface area contributed by atoms with Crippen LogP contribution in [0.4, 0.5) is 22.7 Å². The minimum atomic E-state index is -0.341. The Hall–Kier alpha value is -3.88. The molecule has 2 aromatic rings. The number of piperidine rings is 1. The SMILES string of the molecule is CCN(CC)C(=O)c1ccc2c(c1)N(CC(=O)Nc1ccc(NC(C)=O)cc1)C(=O)C1CCCCN21. The van der Waals surface area contributed by atoms with Gasteiger partial charge in [-0.15, -0.1) is 0 Å². The number of nitrogens with one attached hydrogen (secondary N) is 2. The third-order valence-electron chi connectivity index (χ3n) is 6.72. The summed E-state index contributed by atoms with van der Waals surface area (Å²) < 4.78 is 0. The van der Waals surface area contributed by atoms with E-state index in [0.717, 1.165) is 31.5 Å². The zero-order valence-corrected chi connectivity index (χ0v) is 21.0. The summed E-state index contributed by atoms with van der Waals surface area (Å²) in [6.45, 7) is 7.08. The number of rotatable bonds is 7. The first-order valence-electron chi connectivity index (χ1n) is 12.5. The van der Waals surface area contributed by atoms with Crippen LogP contribution < -0.4 is 20.4 Å². The van der Waals surface area contributed by atoms with Crippen molar-refractivity contribution in [2.24, 2.45) is 0 Å². The van der Waals surface area contributed by atoms with E-state index in [9.17, 15) is 19.2 Å². The summed E-state index contributed by atoms with van der Waals surface area (Å²) in [7, 11) is 0. The van der Waals surface area contributed by atoms with Gasteiger partial charge in [0.05, 0.1) is 11.4 Å². The predicted octanol–water partition coefficient (Wildman–Crippen LogP) is 3.47. The van der Waals surface area contributed by atoms with E-state index in [-0.39, 0.29) is 36.2 Å². The Morgan fingerprint density at radius 2 is 1.61 bits per heavy atom. The molecule has 4 amide bonds. The Morgan fingerprint density at radius 1 is 0.944 bits per heavy atom. The van der Waals surface area contributed by atoms with Crippen molar-refractivity contribution in [3.8, 4) is 0 Å². The van der Waals surface area contributed by atoms with Gasteiger partial charge in [0.1, 0.15) is 12.6 Å². The molecule has 9 heteroatoms. The van der Waals surface area contributed by atoms with Crippen LogP contribution in [0.15, 0.2) is 42.5 Å². The lowest BCUT2D eigenvalue weighted by molar-refractivity contribution is -0.123. The van der Waals surface area contributed by atoms with Gasteiger partial charge in [-0.25, -0.2) is 0 Å². The number of nitrogens with zero attached hydrogens (tertiary/aromatic N) is 3. The highest BCUT2D eigenvalue weighted by atomic mass is 16.2. The van der Waals surface area contributed by atoms with Crippen molar-refractivity contribution in [2.75, 3.05) is 46.6 Å². The number of fused-ring (bicyclic) bond motifs is 3. The van der Waals surface area contributed by atoms with Crippen molar-refractivity contribution < 1.29 is 19.2 Å². The van der Waals surface area contributed by atoms with Crippen LogP contribution in [-0.4, -0.2) is 60.7 Å².